The molecule has 12 nitrogen and oxygen atoms in total. The molecule has 1 heterocycles. The number of nitrogens with one attached hydrogen (secondary N) is 2. The molecule has 0 radical (unpaired) electrons. The van der Waals surface area contributed by atoms with Crippen molar-refractivity contribution in [2.45, 2.75) is 123 Å². The first-order valence-electron chi connectivity index (χ1n) is 18.8. The van der Waals surface area contributed by atoms with E-state index in [1.165, 1.54) is 4.90 Å². The van der Waals surface area contributed by atoms with Crippen LogP contribution in [0.15, 0.2) is 30.3 Å². The Bertz CT molecular complexity index is 1510. The number of amides is 4. The summed E-state index contributed by atoms with van der Waals surface area (Å²) >= 11 is 0. The fourth-order valence-corrected chi connectivity index (χ4v) is 8.21. The van der Waals surface area contributed by atoms with E-state index in [1.54, 1.807) is 70.1 Å². The Kier molecular flexibility index (Phi) is 13.1. The van der Waals surface area contributed by atoms with Crippen LogP contribution in [0.3, 0.4) is 0 Å². The number of ketones is 3. The van der Waals surface area contributed by atoms with Crippen LogP contribution >= 0.6 is 0 Å². The SMILES string of the molecule is CCCC(CC(=O)[C@@H]1[C@@H]2[C@H](CN1C(=O)[C@@H](NC(=O)OC(C)(C)C)C1CCCC1)C2(C)C)C(=O)C(=O)CCC(=O)N[C@H](C(=O)N(C)C)c1ccccc1. The first-order valence-corrected chi connectivity index (χ1v) is 18.8. The molecule has 12 heteroatoms. The average molecular weight is 723 g/mol. The molecule has 0 spiro atoms. The van der Waals surface area contributed by atoms with Gasteiger partial charge in [-0.2, -0.15) is 0 Å². The number of benzene rings is 1. The summed E-state index contributed by atoms with van der Waals surface area (Å²) in [5, 5.41) is 5.53. The molecule has 52 heavy (non-hydrogen) atoms. The predicted octanol–water partition coefficient (Wildman–Crippen LogP) is 4.79. The zero-order valence-electron chi connectivity index (χ0n) is 32.2. The molecule has 2 saturated carbocycles. The predicted molar refractivity (Wildman–Crippen MR) is 195 cm³/mol. The number of Topliss-reactive ketones (excluding diaryl/α,β-unsaturated/α-hetero) is 3. The van der Waals surface area contributed by atoms with Crippen LogP contribution in [0.4, 0.5) is 4.79 Å². The largest absolute Gasteiger partial charge is 0.444 e. The standard InChI is InChI=1S/C40H58N4O8/c1-9-15-26(35(48)28(45)20-21-30(47)41-32(36(49)43(7)8)24-16-11-10-12-17-24)22-29(46)34-31-27(40(31,5)6)23-44(34)37(50)33(25-18-13-14-19-25)42-38(51)52-39(2,3)4/h10-12,16-17,25-27,31-34H,9,13-15,18-23H2,1-8H3,(H,41,47)(H,42,51)/t26?,27-,31-,32-,33-,34+/m0/s1. The third kappa shape index (κ3) is 9.66. The van der Waals surface area contributed by atoms with Gasteiger partial charge in [-0.25, -0.2) is 4.79 Å². The zero-order valence-corrected chi connectivity index (χ0v) is 32.2. The number of carbonyl (C=O) groups is 7. The molecule has 1 aromatic carbocycles. The minimum atomic E-state index is -0.944. The van der Waals surface area contributed by atoms with Gasteiger partial charge in [0.1, 0.15) is 17.7 Å². The molecule has 0 aromatic heterocycles. The fraction of sp³-hybridized carbons (Fsp3) is 0.675. The Labute approximate surface area is 308 Å². The molecule has 4 amide bonds. The lowest BCUT2D eigenvalue weighted by Gasteiger charge is -2.35. The van der Waals surface area contributed by atoms with Gasteiger partial charge in [-0.15, -0.1) is 0 Å². The Morgan fingerprint density at radius 1 is 0.962 bits per heavy atom. The molecule has 3 fully saturated rings. The van der Waals surface area contributed by atoms with Crippen LogP contribution in [-0.4, -0.2) is 89.3 Å². The van der Waals surface area contributed by atoms with Gasteiger partial charge in [-0.3, -0.25) is 28.8 Å². The number of carbonyl (C=O) groups excluding carboxylic acids is 7. The Morgan fingerprint density at radius 2 is 1.60 bits per heavy atom. The number of hydrogen-bond acceptors (Lipinski definition) is 8. The Morgan fingerprint density at radius 3 is 2.17 bits per heavy atom. The fourth-order valence-electron chi connectivity index (χ4n) is 8.21. The summed E-state index contributed by atoms with van der Waals surface area (Å²) in [6, 6.07) is 6.22. The summed E-state index contributed by atoms with van der Waals surface area (Å²) in [6.07, 6.45) is 2.79. The summed E-state index contributed by atoms with van der Waals surface area (Å²) < 4.78 is 5.50. The molecule has 1 unspecified atom stereocenters. The van der Waals surface area contributed by atoms with Crippen molar-refractivity contribution < 1.29 is 38.3 Å². The van der Waals surface area contributed by atoms with Crippen molar-refractivity contribution in [2.24, 2.45) is 29.1 Å². The third-order valence-electron chi connectivity index (χ3n) is 11.1. The van der Waals surface area contributed by atoms with Crippen molar-refractivity contribution in [1.29, 1.82) is 0 Å². The number of likely N-dealkylation sites (tertiary alicyclic amines) is 1. The normalized spacial score (nSPS) is 22.4. The minimum Gasteiger partial charge on any atom is -0.444 e. The molecule has 1 aromatic rings. The minimum absolute atomic E-state index is 0.0751. The smallest absolute Gasteiger partial charge is 0.408 e. The number of piperidine rings is 1. The number of alkyl carbamates (subject to hydrolysis) is 1. The van der Waals surface area contributed by atoms with E-state index in [4.69, 9.17) is 4.74 Å². The lowest BCUT2D eigenvalue weighted by Crippen LogP contribution is -2.56. The molecule has 3 aliphatic rings. The van der Waals surface area contributed by atoms with E-state index >= 15 is 0 Å². The Hall–Kier alpha value is -4.09. The molecule has 4 rings (SSSR count). The van der Waals surface area contributed by atoms with Crippen LogP contribution in [-0.2, 0) is 33.5 Å². The highest BCUT2D eigenvalue weighted by atomic mass is 16.6. The van der Waals surface area contributed by atoms with Crippen molar-refractivity contribution >= 4 is 41.2 Å². The highest BCUT2D eigenvalue weighted by Crippen LogP contribution is 2.65. The molecular weight excluding hydrogens is 664 g/mol. The molecule has 286 valence electrons. The molecular formula is C40H58N4O8. The van der Waals surface area contributed by atoms with Crippen LogP contribution in [0.1, 0.15) is 111 Å². The van der Waals surface area contributed by atoms with E-state index in [0.29, 0.717) is 24.9 Å². The lowest BCUT2D eigenvalue weighted by atomic mass is 9.85. The second kappa shape index (κ2) is 16.7. The van der Waals surface area contributed by atoms with Crippen LogP contribution < -0.4 is 10.6 Å². The maximum absolute atomic E-state index is 14.3. The monoisotopic (exact) mass is 722 g/mol. The van der Waals surface area contributed by atoms with Gasteiger partial charge < -0.3 is 25.2 Å². The number of hydrogen-bond donors (Lipinski definition) is 2. The van der Waals surface area contributed by atoms with Crippen molar-refractivity contribution in [1.82, 2.24) is 20.4 Å². The van der Waals surface area contributed by atoms with Crippen LogP contribution in [0, 0.1) is 29.1 Å². The van der Waals surface area contributed by atoms with Crippen LogP contribution in [0.2, 0.25) is 0 Å². The highest BCUT2D eigenvalue weighted by molar-refractivity contribution is 6.38. The second-order valence-corrected chi connectivity index (χ2v) is 16.6. The van der Waals surface area contributed by atoms with E-state index in [1.807, 2.05) is 6.92 Å². The maximum Gasteiger partial charge on any atom is 0.408 e. The summed E-state index contributed by atoms with van der Waals surface area (Å²) in [5.41, 5.74) is -0.324. The van der Waals surface area contributed by atoms with E-state index in [0.717, 1.165) is 25.7 Å². The molecule has 0 bridgehead atoms. The van der Waals surface area contributed by atoms with Gasteiger partial charge in [0.15, 0.2) is 11.6 Å². The summed E-state index contributed by atoms with van der Waals surface area (Å²) in [6.45, 7) is 11.7. The van der Waals surface area contributed by atoms with E-state index in [9.17, 15) is 33.6 Å². The van der Waals surface area contributed by atoms with Gasteiger partial charge in [-0.1, -0.05) is 70.4 Å². The average Bonchev–Trinajstić information content (AvgIpc) is 3.52. The van der Waals surface area contributed by atoms with Gasteiger partial charge in [-0.05, 0) is 68.8 Å². The van der Waals surface area contributed by atoms with Crippen LogP contribution in [0.25, 0.3) is 0 Å². The number of likely N-dealkylation sites (N-methyl/N-ethyl adjacent to an activating group) is 1. The molecule has 2 N–H and O–H groups in total. The summed E-state index contributed by atoms with van der Waals surface area (Å²) in [4.78, 5) is 96.9. The van der Waals surface area contributed by atoms with Gasteiger partial charge in [0.2, 0.25) is 23.5 Å². The quantitative estimate of drug-likeness (QED) is 0.231. The second-order valence-electron chi connectivity index (χ2n) is 16.6. The number of fused-ring (bicyclic) bond motifs is 1. The molecule has 1 aliphatic heterocycles. The maximum atomic E-state index is 14.3. The summed E-state index contributed by atoms with van der Waals surface area (Å²) in [7, 11) is 3.17. The van der Waals surface area contributed by atoms with Crippen molar-refractivity contribution in [3.63, 3.8) is 0 Å². The highest BCUT2D eigenvalue weighted by Gasteiger charge is 2.69. The Balaban J connectivity index is 1.44. The lowest BCUT2D eigenvalue weighted by molar-refractivity contribution is -0.144. The van der Waals surface area contributed by atoms with Gasteiger partial charge in [0.05, 0.1) is 6.04 Å². The van der Waals surface area contributed by atoms with E-state index in [2.05, 4.69) is 24.5 Å². The number of ether oxygens (including phenoxy) is 1. The van der Waals surface area contributed by atoms with Crippen molar-refractivity contribution in [2.75, 3.05) is 20.6 Å². The van der Waals surface area contributed by atoms with Gasteiger partial charge in [0, 0.05) is 45.8 Å². The third-order valence-corrected chi connectivity index (χ3v) is 11.1. The van der Waals surface area contributed by atoms with Crippen molar-refractivity contribution in [3.05, 3.63) is 35.9 Å². The molecule has 2 aliphatic carbocycles. The molecule has 1 saturated heterocycles. The zero-order chi connectivity index (χ0) is 38.5. The number of nitrogens with zero attached hydrogens (tertiary/aromatic N) is 2. The van der Waals surface area contributed by atoms with Gasteiger partial charge in [0.25, 0.3) is 0 Å². The van der Waals surface area contributed by atoms with Crippen molar-refractivity contribution in [3.8, 4) is 0 Å². The summed E-state index contributed by atoms with van der Waals surface area (Å²) in [5.74, 6) is -3.85. The first kappa shape index (κ1) is 40.7. The molecule has 6 atom stereocenters. The van der Waals surface area contributed by atoms with E-state index < -0.39 is 53.2 Å². The topological polar surface area (TPSA) is 159 Å². The number of rotatable bonds is 16. The van der Waals surface area contributed by atoms with Crippen LogP contribution in [0.5, 0.6) is 0 Å². The first-order chi connectivity index (χ1) is 24.4. The van der Waals surface area contributed by atoms with Gasteiger partial charge >= 0.3 is 6.09 Å². The van der Waals surface area contributed by atoms with E-state index in [-0.39, 0.29) is 60.0 Å².